The van der Waals surface area contributed by atoms with Crippen LogP contribution in [0, 0.1) is 6.92 Å². The Kier molecular flexibility index (Phi) is 7.94. The number of fused-ring (bicyclic) bond motifs is 3. The average Bonchev–Trinajstić information content (AvgIpc) is 3.78. The number of para-hydroxylation sites is 1. The molecule has 7 rings (SSSR count). The zero-order valence-corrected chi connectivity index (χ0v) is 26.0. The third-order valence-electron chi connectivity index (χ3n) is 8.62. The van der Waals surface area contributed by atoms with Crippen LogP contribution >= 0.6 is 0 Å². The summed E-state index contributed by atoms with van der Waals surface area (Å²) in [5, 5.41) is 0. The van der Waals surface area contributed by atoms with Crippen molar-refractivity contribution >= 4 is 28.6 Å². The minimum Gasteiger partial charge on any atom is -0.493 e. The van der Waals surface area contributed by atoms with E-state index in [0.29, 0.717) is 56.9 Å². The fraction of sp³-hybridized carbons (Fsp3) is 0.250. The number of alkyl halides is 3. The first-order valence-electron chi connectivity index (χ1n) is 15.3. The Morgan fingerprint density at radius 2 is 1.77 bits per heavy atom. The van der Waals surface area contributed by atoms with Gasteiger partial charge in [-0.1, -0.05) is 48.5 Å². The Bertz CT molecular complexity index is 2030. The maximum absolute atomic E-state index is 14.1. The van der Waals surface area contributed by atoms with Crippen LogP contribution in [-0.2, 0) is 20.9 Å². The molecule has 0 unspecified atom stereocenters. The number of imidazole rings is 1. The molecule has 48 heavy (non-hydrogen) atoms. The van der Waals surface area contributed by atoms with Gasteiger partial charge in [-0.15, -0.1) is 0 Å². The first-order chi connectivity index (χ1) is 23.1. The van der Waals surface area contributed by atoms with Crippen molar-refractivity contribution in [2.75, 3.05) is 25.2 Å². The van der Waals surface area contributed by atoms with E-state index in [1.807, 2.05) is 60.0 Å². The Morgan fingerprint density at radius 1 is 0.958 bits per heavy atom. The molecule has 5 aromatic rings. The average molecular weight is 658 g/mol. The van der Waals surface area contributed by atoms with Crippen LogP contribution in [0.2, 0.25) is 0 Å². The van der Waals surface area contributed by atoms with Gasteiger partial charge in [-0.2, -0.15) is 13.2 Å². The zero-order valence-electron chi connectivity index (χ0n) is 26.0. The molecule has 1 amide bonds. The van der Waals surface area contributed by atoms with Gasteiger partial charge in [0.1, 0.15) is 36.3 Å². The number of hydrogen-bond acceptors (Lipinski definition) is 7. The van der Waals surface area contributed by atoms with Gasteiger partial charge in [0.2, 0.25) is 0 Å². The number of amides is 1. The number of rotatable bonds is 8. The molecule has 3 heterocycles. The van der Waals surface area contributed by atoms with E-state index in [4.69, 9.17) is 23.9 Å². The van der Waals surface area contributed by atoms with E-state index in [-0.39, 0.29) is 31.2 Å². The van der Waals surface area contributed by atoms with Gasteiger partial charge in [0.25, 0.3) is 0 Å². The predicted molar refractivity (Wildman–Crippen MR) is 170 cm³/mol. The lowest BCUT2D eigenvalue weighted by atomic mass is 9.97. The van der Waals surface area contributed by atoms with Gasteiger partial charge in [0.05, 0.1) is 42.9 Å². The summed E-state index contributed by atoms with van der Waals surface area (Å²) in [6.07, 6.45) is -5.11. The van der Waals surface area contributed by atoms with Crippen LogP contribution in [0.5, 0.6) is 17.2 Å². The lowest BCUT2D eigenvalue weighted by Gasteiger charge is -2.29. The molecular formula is C36H30F3N3O6. The Hall–Kier alpha value is -5.52. The predicted octanol–water partition coefficient (Wildman–Crippen LogP) is 6.98. The van der Waals surface area contributed by atoms with E-state index >= 15 is 0 Å². The van der Waals surface area contributed by atoms with E-state index < -0.39 is 24.1 Å². The van der Waals surface area contributed by atoms with Gasteiger partial charge in [-0.3, -0.25) is 19.1 Å². The first-order valence-corrected chi connectivity index (χ1v) is 15.3. The molecule has 0 spiro atoms. The molecule has 246 valence electrons. The minimum absolute atomic E-state index is 0.00823. The fourth-order valence-electron chi connectivity index (χ4n) is 6.36. The lowest BCUT2D eigenvalue weighted by Crippen LogP contribution is -2.44. The smallest absolute Gasteiger partial charge is 0.471 e. The second-order valence-electron chi connectivity index (χ2n) is 11.6. The number of methoxy groups -OCH3 is 1. The number of nitrogens with zero attached hydrogens (tertiary/aromatic N) is 3. The number of carbonyl (C=O) groups is 2. The van der Waals surface area contributed by atoms with Crippen LogP contribution in [0.1, 0.15) is 40.9 Å². The molecule has 0 saturated heterocycles. The second kappa shape index (κ2) is 12.3. The lowest BCUT2D eigenvalue weighted by molar-refractivity contribution is -0.171. The minimum atomic E-state index is -5.17. The van der Waals surface area contributed by atoms with Crippen molar-refractivity contribution in [1.29, 1.82) is 0 Å². The number of halogens is 3. The zero-order chi connectivity index (χ0) is 33.6. The maximum Gasteiger partial charge on any atom is 0.471 e. The molecule has 0 N–H and O–H groups in total. The van der Waals surface area contributed by atoms with E-state index in [1.54, 1.807) is 24.3 Å². The molecule has 12 heteroatoms. The SMILES string of the molecule is COC(=O)C[C@@H]1COc2cc(N(C(=O)C(F)(F)F)[C@@H]3COc4c3cccc4-n3c(C)nc4ccc(OCc5ccccc5)cc43)ccc21. The van der Waals surface area contributed by atoms with Crippen molar-refractivity contribution < 1.29 is 41.7 Å². The molecule has 9 nitrogen and oxygen atoms in total. The van der Waals surface area contributed by atoms with Gasteiger partial charge in [-0.25, -0.2) is 4.98 Å². The number of aromatic nitrogens is 2. The molecule has 0 saturated carbocycles. The molecule has 2 atom stereocenters. The summed E-state index contributed by atoms with van der Waals surface area (Å²) >= 11 is 0. The maximum atomic E-state index is 14.1. The van der Waals surface area contributed by atoms with E-state index in [2.05, 4.69) is 0 Å². The third-order valence-corrected chi connectivity index (χ3v) is 8.62. The molecule has 2 aliphatic heterocycles. The monoisotopic (exact) mass is 657 g/mol. The number of benzene rings is 4. The van der Waals surface area contributed by atoms with Crippen LogP contribution < -0.4 is 19.1 Å². The van der Waals surface area contributed by atoms with Crippen molar-refractivity contribution in [3.8, 4) is 22.9 Å². The molecule has 2 aliphatic rings. The molecule has 1 aromatic heterocycles. The molecule has 0 radical (unpaired) electrons. The number of hydrogen-bond donors (Lipinski definition) is 0. The van der Waals surface area contributed by atoms with Gasteiger partial charge < -0.3 is 18.9 Å². The van der Waals surface area contributed by atoms with Gasteiger partial charge >= 0.3 is 18.1 Å². The van der Waals surface area contributed by atoms with E-state index in [1.165, 1.54) is 19.2 Å². The summed E-state index contributed by atoms with van der Waals surface area (Å²) in [6.45, 7) is 2.15. The van der Waals surface area contributed by atoms with Crippen LogP contribution in [-0.4, -0.2) is 47.9 Å². The highest BCUT2D eigenvalue weighted by molar-refractivity contribution is 5.98. The fourth-order valence-corrected chi connectivity index (χ4v) is 6.36. The number of esters is 1. The van der Waals surface area contributed by atoms with Crippen molar-refractivity contribution in [3.63, 3.8) is 0 Å². The quantitative estimate of drug-likeness (QED) is 0.166. The number of ether oxygens (including phenoxy) is 4. The number of anilines is 1. The van der Waals surface area contributed by atoms with Crippen LogP contribution in [0.15, 0.2) is 84.9 Å². The molecule has 0 aliphatic carbocycles. The van der Waals surface area contributed by atoms with E-state index in [0.717, 1.165) is 11.1 Å². The first kappa shape index (κ1) is 31.1. The van der Waals surface area contributed by atoms with Gasteiger partial charge in [-0.05, 0) is 36.8 Å². The Balaban J connectivity index is 1.25. The summed E-state index contributed by atoms with van der Waals surface area (Å²) in [7, 11) is 1.28. The second-order valence-corrected chi connectivity index (χ2v) is 11.6. The Labute approximate surface area is 273 Å². The summed E-state index contributed by atoms with van der Waals surface area (Å²) in [5.74, 6) is -0.885. The van der Waals surface area contributed by atoms with Crippen LogP contribution in [0.25, 0.3) is 16.7 Å². The number of carbonyl (C=O) groups excluding carboxylic acids is 2. The highest BCUT2D eigenvalue weighted by Gasteiger charge is 2.48. The molecule has 0 bridgehead atoms. The van der Waals surface area contributed by atoms with E-state index in [9.17, 15) is 22.8 Å². The van der Waals surface area contributed by atoms with Crippen LogP contribution in [0.4, 0.5) is 18.9 Å². The number of aryl methyl sites for hydroxylation is 1. The van der Waals surface area contributed by atoms with Crippen molar-refractivity contribution in [3.05, 3.63) is 107 Å². The highest BCUT2D eigenvalue weighted by Crippen LogP contribution is 2.46. The summed E-state index contributed by atoms with van der Waals surface area (Å²) in [6, 6.07) is 23.8. The Morgan fingerprint density at radius 3 is 2.54 bits per heavy atom. The van der Waals surface area contributed by atoms with Crippen molar-refractivity contribution in [2.24, 2.45) is 0 Å². The third kappa shape index (κ3) is 5.67. The van der Waals surface area contributed by atoms with Crippen molar-refractivity contribution in [2.45, 2.75) is 38.1 Å². The standard InChI is InChI=1S/C36H30F3N3O6/c1-21-40-28-14-12-25(46-18-22-7-4-3-5-8-22)17-30(28)41(21)29-10-6-9-27-31(20-48-34(27)29)42(35(44)36(37,38)39)24-11-13-26-23(15-33(43)45-2)19-47-32(26)16-24/h3-14,16-17,23,31H,15,18-20H2,1-2H3/t23-,31-/m1/s1. The summed E-state index contributed by atoms with van der Waals surface area (Å²) in [4.78, 5) is 30.3. The van der Waals surface area contributed by atoms with Gasteiger partial charge in [0.15, 0.2) is 0 Å². The molecular weight excluding hydrogens is 627 g/mol. The topological polar surface area (TPSA) is 92.1 Å². The highest BCUT2D eigenvalue weighted by atomic mass is 19.4. The van der Waals surface area contributed by atoms with Crippen molar-refractivity contribution in [1.82, 2.24) is 9.55 Å². The van der Waals surface area contributed by atoms with Gasteiger partial charge in [0, 0.05) is 34.9 Å². The molecule has 4 aromatic carbocycles. The molecule has 0 fully saturated rings. The summed E-state index contributed by atoms with van der Waals surface area (Å²) in [5.41, 5.74) is 4.06. The normalized spacial score (nSPS) is 16.5. The summed E-state index contributed by atoms with van der Waals surface area (Å²) < 4.78 is 66.9. The largest absolute Gasteiger partial charge is 0.493 e. The van der Waals surface area contributed by atoms with Crippen LogP contribution in [0.3, 0.4) is 0 Å².